The van der Waals surface area contributed by atoms with E-state index < -0.39 is 17.2 Å². The SMILES string of the molecule is COC1(C(=O)Cc2ccc(F)cc2F)CCCCC1. The van der Waals surface area contributed by atoms with Crippen molar-refractivity contribution >= 4 is 5.78 Å². The van der Waals surface area contributed by atoms with E-state index in [9.17, 15) is 13.6 Å². The second kappa shape index (κ2) is 5.78. The summed E-state index contributed by atoms with van der Waals surface area (Å²) in [5, 5.41) is 0. The molecule has 19 heavy (non-hydrogen) atoms. The molecule has 1 aromatic carbocycles. The van der Waals surface area contributed by atoms with Crippen molar-refractivity contribution in [3.8, 4) is 0 Å². The van der Waals surface area contributed by atoms with Gasteiger partial charge in [0.2, 0.25) is 0 Å². The van der Waals surface area contributed by atoms with Crippen LogP contribution in [-0.4, -0.2) is 18.5 Å². The van der Waals surface area contributed by atoms with E-state index >= 15 is 0 Å². The highest BCUT2D eigenvalue weighted by atomic mass is 19.1. The minimum Gasteiger partial charge on any atom is -0.370 e. The summed E-state index contributed by atoms with van der Waals surface area (Å²) < 4.78 is 31.8. The summed E-state index contributed by atoms with van der Waals surface area (Å²) in [5.41, 5.74) is -0.549. The minimum absolute atomic E-state index is 0.0417. The van der Waals surface area contributed by atoms with E-state index in [1.54, 1.807) is 0 Å². The fourth-order valence-electron chi connectivity index (χ4n) is 2.72. The number of hydrogen-bond donors (Lipinski definition) is 0. The number of rotatable bonds is 4. The van der Waals surface area contributed by atoms with Gasteiger partial charge in [-0.15, -0.1) is 0 Å². The molecule has 0 N–H and O–H groups in total. The number of carbonyl (C=O) groups excluding carboxylic acids is 1. The standard InChI is InChI=1S/C15H18F2O2/c1-19-15(7-3-2-4-8-15)14(18)9-11-5-6-12(16)10-13(11)17/h5-6,10H,2-4,7-9H2,1H3. The van der Waals surface area contributed by atoms with Crippen molar-refractivity contribution in [2.45, 2.75) is 44.1 Å². The van der Waals surface area contributed by atoms with Crippen molar-refractivity contribution in [1.29, 1.82) is 0 Å². The molecule has 0 aliphatic heterocycles. The number of halogens is 2. The normalized spacial score (nSPS) is 18.3. The van der Waals surface area contributed by atoms with Gasteiger partial charge >= 0.3 is 0 Å². The molecule has 104 valence electrons. The van der Waals surface area contributed by atoms with Gasteiger partial charge < -0.3 is 4.74 Å². The van der Waals surface area contributed by atoms with Crippen LogP contribution in [-0.2, 0) is 16.0 Å². The maximum atomic E-state index is 13.6. The first-order chi connectivity index (χ1) is 9.07. The molecule has 2 rings (SSSR count). The number of carbonyl (C=O) groups is 1. The van der Waals surface area contributed by atoms with Gasteiger partial charge in [0.15, 0.2) is 5.78 Å². The number of ketones is 1. The second-order valence-electron chi connectivity index (χ2n) is 5.09. The Morgan fingerprint density at radius 1 is 1.26 bits per heavy atom. The van der Waals surface area contributed by atoms with E-state index in [2.05, 4.69) is 0 Å². The van der Waals surface area contributed by atoms with Gasteiger partial charge in [-0.05, 0) is 24.5 Å². The Morgan fingerprint density at radius 2 is 1.95 bits per heavy atom. The molecule has 0 radical (unpaired) electrons. The van der Waals surface area contributed by atoms with Crippen LogP contribution in [0.25, 0.3) is 0 Å². The average molecular weight is 268 g/mol. The van der Waals surface area contributed by atoms with Gasteiger partial charge in [0.25, 0.3) is 0 Å². The molecule has 0 saturated heterocycles. The van der Waals surface area contributed by atoms with Crippen molar-refractivity contribution in [2.75, 3.05) is 7.11 Å². The molecule has 0 heterocycles. The average Bonchev–Trinajstić information content (AvgIpc) is 2.42. The zero-order valence-electron chi connectivity index (χ0n) is 11.0. The number of ether oxygens (including phenoxy) is 1. The lowest BCUT2D eigenvalue weighted by molar-refractivity contribution is -0.144. The highest BCUT2D eigenvalue weighted by molar-refractivity contribution is 5.89. The van der Waals surface area contributed by atoms with E-state index in [0.717, 1.165) is 25.3 Å². The zero-order valence-corrected chi connectivity index (χ0v) is 11.0. The summed E-state index contributed by atoms with van der Waals surface area (Å²) in [6.07, 6.45) is 4.33. The van der Waals surface area contributed by atoms with Crippen LogP contribution in [0.5, 0.6) is 0 Å². The zero-order chi connectivity index (χ0) is 13.9. The Hall–Kier alpha value is -1.29. The van der Waals surface area contributed by atoms with Gasteiger partial charge in [0, 0.05) is 19.6 Å². The molecule has 1 aliphatic rings. The van der Waals surface area contributed by atoms with Crippen molar-refractivity contribution in [1.82, 2.24) is 0 Å². The highest BCUT2D eigenvalue weighted by Gasteiger charge is 2.39. The van der Waals surface area contributed by atoms with Gasteiger partial charge in [0.05, 0.1) is 0 Å². The highest BCUT2D eigenvalue weighted by Crippen LogP contribution is 2.33. The van der Waals surface area contributed by atoms with Crippen LogP contribution in [0, 0.1) is 11.6 Å². The molecule has 0 aromatic heterocycles. The van der Waals surface area contributed by atoms with Gasteiger partial charge in [-0.3, -0.25) is 4.79 Å². The molecule has 0 amide bonds. The molecule has 0 unspecified atom stereocenters. The fraction of sp³-hybridized carbons (Fsp3) is 0.533. The van der Waals surface area contributed by atoms with Crippen LogP contribution in [0.3, 0.4) is 0 Å². The summed E-state index contributed by atoms with van der Waals surface area (Å²) in [6.45, 7) is 0. The topological polar surface area (TPSA) is 26.3 Å². The maximum absolute atomic E-state index is 13.6. The fourth-order valence-corrected chi connectivity index (χ4v) is 2.72. The predicted octanol–water partition coefficient (Wildman–Crippen LogP) is 3.43. The molecule has 2 nitrogen and oxygen atoms in total. The number of hydrogen-bond acceptors (Lipinski definition) is 2. The van der Waals surface area contributed by atoms with Gasteiger partial charge in [-0.1, -0.05) is 25.3 Å². The van der Waals surface area contributed by atoms with E-state index in [-0.39, 0.29) is 17.8 Å². The molecule has 1 aliphatic carbocycles. The third-order valence-electron chi connectivity index (χ3n) is 3.93. The maximum Gasteiger partial charge on any atom is 0.169 e. The third-order valence-corrected chi connectivity index (χ3v) is 3.93. The van der Waals surface area contributed by atoms with Crippen molar-refractivity contribution in [3.63, 3.8) is 0 Å². The van der Waals surface area contributed by atoms with Crippen molar-refractivity contribution < 1.29 is 18.3 Å². The van der Waals surface area contributed by atoms with Crippen LogP contribution >= 0.6 is 0 Å². The smallest absolute Gasteiger partial charge is 0.169 e. The van der Waals surface area contributed by atoms with E-state index in [4.69, 9.17) is 4.74 Å². The molecule has 0 spiro atoms. The first kappa shape index (κ1) is 14.1. The molecule has 1 fully saturated rings. The summed E-state index contributed by atoms with van der Waals surface area (Å²) >= 11 is 0. The lowest BCUT2D eigenvalue weighted by atomic mass is 9.79. The van der Waals surface area contributed by atoms with E-state index in [0.29, 0.717) is 12.8 Å². The van der Waals surface area contributed by atoms with Gasteiger partial charge in [-0.2, -0.15) is 0 Å². The van der Waals surface area contributed by atoms with Gasteiger partial charge in [-0.25, -0.2) is 8.78 Å². The minimum atomic E-state index is -0.779. The lowest BCUT2D eigenvalue weighted by Gasteiger charge is -2.34. The van der Waals surface area contributed by atoms with E-state index in [1.807, 2.05) is 0 Å². The Morgan fingerprint density at radius 3 is 2.53 bits per heavy atom. The Balaban J connectivity index is 2.15. The number of methoxy groups -OCH3 is 1. The van der Waals surface area contributed by atoms with Crippen molar-refractivity contribution in [3.05, 3.63) is 35.4 Å². The summed E-state index contributed by atoms with van der Waals surface area (Å²) in [4.78, 5) is 12.4. The first-order valence-electron chi connectivity index (χ1n) is 6.60. The Bertz CT molecular complexity index is 465. The quantitative estimate of drug-likeness (QED) is 0.836. The Labute approximate surface area is 111 Å². The van der Waals surface area contributed by atoms with Crippen LogP contribution in [0.2, 0.25) is 0 Å². The molecule has 1 saturated carbocycles. The van der Waals surface area contributed by atoms with Gasteiger partial charge in [0.1, 0.15) is 17.2 Å². The third kappa shape index (κ3) is 3.00. The van der Waals surface area contributed by atoms with Crippen molar-refractivity contribution in [2.24, 2.45) is 0 Å². The van der Waals surface area contributed by atoms with Crippen LogP contribution in [0.15, 0.2) is 18.2 Å². The van der Waals surface area contributed by atoms with Crippen LogP contribution in [0.4, 0.5) is 8.78 Å². The van der Waals surface area contributed by atoms with Crippen LogP contribution in [0.1, 0.15) is 37.7 Å². The molecule has 1 aromatic rings. The summed E-state index contributed by atoms with van der Waals surface area (Å²) in [7, 11) is 1.53. The molecular formula is C15H18F2O2. The molecule has 0 bridgehead atoms. The number of benzene rings is 1. The summed E-state index contributed by atoms with van der Waals surface area (Å²) in [6, 6.07) is 3.31. The number of Topliss-reactive ketones (excluding diaryl/α,β-unsaturated/α-hetero) is 1. The molecular weight excluding hydrogens is 250 g/mol. The Kier molecular flexibility index (Phi) is 4.30. The predicted molar refractivity (Wildman–Crippen MR) is 67.9 cm³/mol. The molecule has 0 atom stereocenters. The largest absolute Gasteiger partial charge is 0.370 e. The monoisotopic (exact) mass is 268 g/mol. The van der Waals surface area contributed by atoms with E-state index in [1.165, 1.54) is 19.2 Å². The van der Waals surface area contributed by atoms with Crippen LogP contribution < -0.4 is 0 Å². The second-order valence-corrected chi connectivity index (χ2v) is 5.09. The molecule has 4 heteroatoms. The lowest BCUT2D eigenvalue weighted by Crippen LogP contribution is -2.43. The summed E-state index contributed by atoms with van der Waals surface area (Å²) in [5.74, 6) is -1.41. The first-order valence-corrected chi connectivity index (χ1v) is 6.60.